The summed E-state index contributed by atoms with van der Waals surface area (Å²) in [6.07, 6.45) is 0.450. The Balaban J connectivity index is 1.97. The second-order valence-corrected chi connectivity index (χ2v) is 5.74. The van der Waals surface area contributed by atoms with Gasteiger partial charge < -0.3 is 14.5 Å². The van der Waals surface area contributed by atoms with Crippen LogP contribution in [0.2, 0.25) is 0 Å². The van der Waals surface area contributed by atoms with Crippen LogP contribution in [-0.2, 0) is 4.79 Å². The minimum absolute atomic E-state index is 0.190. The van der Waals surface area contributed by atoms with Crippen molar-refractivity contribution in [1.29, 1.82) is 0 Å². The highest BCUT2D eigenvalue weighted by atomic mass is 16.5. The third-order valence-corrected chi connectivity index (χ3v) is 3.61. The average molecular weight is 281 g/mol. The molecular formula is C13H19N3O4. The summed E-state index contributed by atoms with van der Waals surface area (Å²) in [7, 11) is 0. The first-order valence-corrected chi connectivity index (χ1v) is 6.58. The summed E-state index contributed by atoms with van der Waals surface area (Å²) in [4.78, 5) is 24.7. The van der Waals surface area contributed by atoms with E-state index in [0.29, 0.717) is 24.5 Å². The Hall–Kier alpha value is -2.05. The molecule has 2 N–H and O–H groups in total. The van der Waals surface area contributed by atoms with E-state index in [4.69, 9.17) is 9.63 Å². The van der Waals surface area contributed by atoms with Crippen molar-refractivity contribution in [2.24, 2.45) is 5.41 Å². The van der Waals surface area contributed by atoms with Crippen LogP contribution in [0.5, 0.6) is 0 Å². The molecule has 110 valence electrons. The van der Waals surface area contributed by atoms with Crippen molar-refractivity contribution in [2.45, 2.75) is 33.1 Å². The third-order valence-electron chi connectivity index (χ3n) is 3.61. The van der Waals surface area contributed by atoms with Crippen molar-refractivity contribution in [3.63, 3.8) is 0 Å². The molecule has 1 fully saturated rings. The maximum atomic E-state index is 12.0. The highest BCUT2D eigenvalue weighted by Crippen LogP contribution is 2.30. The molecule has 1 atom stereocenters. The molecule has 1 aliphatic rings. The second kappa shape index (κ2) is 5.15. The van der Waals surface area contributed by atoms with Crippen LogP contribution < -0.4 is 5.32 Å². The van der Waals surface area contributed by atoms with E-state index in [1.54, 1.807) is 13.0 Å². The Morgan fingerprint density at radius 3 is 2.75 bits per heavy atom. The van der Waals surface area contributed by atoms with E-state index in [2.05, 4.69) is 10.5 Å². The largest absolute Gasteiger partial charge is 0.481 e. The summed E-state index contributed by atoms with van der Waals surface area (Å²) in [5, 5.41) is 15.5. The minimum Gasteiger partial charge on any atom is -0.481 e. The van der Waals surface area contributed by atoms with Crippen LogP contribution >= 0.6 is 0 Å². The molecule has 0 radical (unpaired) electrons. The number of hydrogen-bond donors (Lipinski definition) is 2. The van der Waals surface area contributed by atoms with Crippen molar-refractivity contribution in [3.8, 4) is 0 Å². The normalized spacial score (nSPS) is 22.3. The molecule has 2 rings (SSSR count). The SMILES string of the molecule is CC(C)c1cc(NC(=O)N2CCC(C)(C(=O)O)C2)no1. The molecule has 2 amide bonds. The van der Waals surface area contributed by atoms with Gasteiger partial charge in [-0.1, -0.05) is 19.0 Å². The lowest BCUT2D eigenvalue weighted by molar-refractivity contribution is -0.146. The monoisotopic (exact) mass is 281 g/mol. The van der Waals surface area contributed by atoms with Crippen LogP contribution in [0.3, 0.4) is 0 Å². The van der Waals surface area contributed by atoms with Crippen molar-refractivity contribution >= 4 is 17.8 Å². The van der Waals surface area contributed by atoms with Crippen molar-refractivity contribution in [3.05, 3.63) is 11.8 Å². The number of rotatable bonds is 3. The number of aliphatic carboxylic acids is 1. The van der Waals surface area contributed by atoms with Crippen molar-refractivity contribution < 1.29 is 19.2 Å². The van der Waals surface area contributed by atoms with Crippen LogP contribution in [0.1, 0.15) is 38.9 Å². The summed E-state index contributed by atoms with van der Waals surface area (Å²) in [5.74, 6) is 0.353. The molecule has 1 aromatic rings. The Labute approximate surface area is 116 Å². The highest BCUT2D eigenvalue weighted by Gasteiger charge is 2.42. The molecule has 0 aromatic carbocycles. The summed E-state index contributed by atoms with van der Waals surface area (Å²) in [6.45, 7) is 6.19. The van der Waals surface area contributed by atoms with E-state index in [1.807, 2.05) is 13.8 Å². The lowest BCUT2D eigenvalue weighted by Gasteiger charge is -2.19. The number of amides is 2. The van der Waals surface area contributed by atoms with Gasteiger partial charge in [0.05, 0.1) is 5.41 Å². The topological polar surface area (TPSA) is 95.7 Å². The zero-order chi connectivity index (χ0) is 14.9. The predicted molar refractivity (Wildman–Crippen MR) is 71.5 cm³/mol. The van der Waals surface area contributed by atoms with Crippen LogP contribution in [0.25, 0.3) is 0 Å². The van der Waals surface area contributed by atoms with Gasteiger partial charge in [0.15, 0.2) is 5.82 Å². The summed E-state index contributed by atoms with van der Waals surface area (Å²) >= 11 is 0. The number of nitrogens with one attached hydrogen (secondary N) is 1. The molecule has 20 heavy (non-hydrogen) atoms. The molecule has 0 saturated carbocycles. The van der Waals surface area contributed by atoms with Gasteiger partial charge >= 0.3 is 12.0 Å². The molecule has 0 aliphatic carbocycles. The van der Waals surface area contributed by atoms with E-state index in [9.17, 15) is 9.59 Å². The van der Waals surface area contributed by atoms with Crippen LogP contribution in [-0.4, -0.2) is 40.3 Å². The molecule has 1 unspecified atom stereocenters. The van der Waals surface area contributed by atoms with Crippen LogP contribution in [0.4, 0.5) is 10.6 Å². The number of carbonyl (C=O) groups is 2. The Kier molecular flexibility index (Phi) is 3.69. The van der Waals surface area contributed by atoms with Gasteiger partial charge in [0.2, 0.25) is 0 Å². The first kappa shape index (κ1) is 14.4. The van der Waals surface area contributed by atoms with Gasteiger partial charge in [-0.25, -0.2) is 4.79 Å². The zero-order valence-electron chi connectivity index (χ0n) is 11.8. The predicted octanol–water partition coefficient (Wildman–Crippen LogP) is 2.13. The smallest absolute Gasteiger partial charge is 0.323 e. The molecule has 1 aromatic heterocycles. The fourth-order valence-electron chi connectivity index (χ4n) is 2.12. The van der Waals surface area contributed by atoms with Crippen LogP contribution in [0.15, 0.2) is 10.6 Å². The van der Waals surface area contributed by atoms with Crippen molar-refractivity contribution in [1.82, 2.24) is 10.1 Å². The number of carboxylic acid groups (broad SMARTS) is 1. The number of carbonyl (C=O) groups excluding carboxylic acids is 1. The van der Waals surface area contributed by atoms with E-state index in [1.165, 1.54) is 4.90 Å². The maximum Gasteiger partial charge on any atom is 0.323 e. The standard InChI is InChI=1S/C13H19N3O4/c1-8(2)9-6-10(15-20-9)14-12(19)16-5-4-13(3,7-16)11(17)18/h6,8H,4-5,7H2,1-3H3,(H,17,18)(H,14,15,19). The van der Waals surface area contributed by atoms with E-state index < -0.39 is 11.4 Å². The number of anilines is 1. The fraction of sp³-hybridized carbons (Fsp3) is 0.615. The first-order valence-electron chi connectivity index (χ1n) is 6.58. The van der Waals surface area contributed by atoms with E-state index in [0.717, 1.165) is 0 Å². The summed E-state index contributed by atoms with van der Waals surface area (Å²) in [6, 6.07) is 1.33. The van der Waals surface area contributed by atoms with Crippen molar-refractivity contribution in [2.75, 3.05) is 18.4 Å². The molecule has 7 heteroatoms. The van der Waals surface area contributed by atoms with Gasteiger partial charge in [-0.2, -0.15) is 0 Å². The lowest BCUT2D eigenvalue weighted by Crippen LogP contribution is -2.37. The van der Waals surface area contributed by atoms with Crippen LogP contribution in [0, 0.1) is 5.41 Å². The zero-order valence-corrected chi connectivity index (χ0v) is 11.8. The molecule has 7 nitrogen and oxygen atoms in total. The number of carboxylic acids is 1. The molecule has 0 spiro atoms. The fourth-order valence-corrected chi connectivity index (χ4v) is 2.12. The Morgan fingerprint density at radius 1 is 1.55 bits per heavy atom. The minimum atomic E-state index is -0.878. The average Bonchev–Trinajstić information content (AvgIpc) is 2.97. The number of nitrogens with zero attached hydrogens (tertiary/aromatic N) is 2. The first-order chi connectivity index (χ1) is 9.32. The van der Waals surface area contributed by atoms with Gasteiger partial charge in [0, 0.05) is 25.1 Å². The highest BCUT2D eigenvalue weighted by molar-refractivity contribution is 5.89. The number of hydrogen-bond acceptors (Lipinski definition) is 4. The second-order valence-electron chi connectivity index (χ2n) is 5.74. The Morgan fingerprint density at radius 2 is 2.25 bits per heavy atom. The van der Waals surface area contributed by atoms with E-state index >= 15 is 0 Å². The molecular weight excluding hydrogens is 262 g/mol. The van der Waals surface area contributed by atoms with Gasteiger partial charge in [-0.15, -0.1) is 0 Å². The molecule has 1 aliphatic heterocycles. The quantitative estimate of drug-likeness (QED) is 0.884. The lowest BCUT2D eigenvalue weighted by atomic mass is 9.90. The van der Waals surface area contributed by atoms with E-state index in [-0.39, 0.29) is 18.5 Å². The summed E-state index contributed by atoms with van der Waals surface area (Å²) < 4.78 is 5.09. The van der Waals surface area contributed by atoms with Gasteiger partial charge in [-0.05, 0) is 13.3 Å². The third kappa shape index (κ3) is 2.76. The Bertz CT molecular complexity index is 525. The molecule has 2 heterocycles. The van der Waals surface area contributed by atoms with Gasteiger partial charge in [0.25, 0.3) is 0 Å². The van der Waals surface area contributed by atoms with Gasteiger partial charge in [-0.3, -0.25) is 10.1 Å². The van der Waals surface area contributed by atoms with Gasteiger partial charge in [0.1, 0.15) is 5.76 Å². The number of aromatic nitrogens is 1. The number of likely N-dealkylation sites (tertiary alicyclic amines) is 1. The molecule has 1 saturated heterocycles. The number of urea groups is 1. The maximum absolute atomic E-state index is 12.0. The molecule has 0 bridgehead atoms. The summed E-state index contributed by atoms with van der Waals surface area (Å²) in [5.41, 5.74) is -0.871.